The number of hydrogen-bond acceptors (Lipinski definition) is 3. The van der Waals surface area contributed by atoms with Gasteiger partial charge in [-0.3, -0.25) is 0 Å². The van der Waals surface area contributed by atoms with Crippen molar-refractivity contribution in [1.29, 1.82) is 0 Å². The Morgan fingerprint density at radius 1 is 1.47 bits per heavy atom. The van der Waals surface area contributed by atoms with Crippen molar-refractivity contribution >= 4 is 34.7 Å². The molecule has 2 nitrogen and oxygen atoms in total. The molecule has 0 aliphatic heterocycles. The van der Waals surface area contributed by atoms with E-state index in [9.17, 15) is 13.2 Å². The number of rotatable bonds is 4. The van der Waals surface area contributed by atoms with Gasteiger partial charge in [0, 0.05) is 16.1 Å². The second kappa shape index (κ2) is 5.59. The summed E-state index contributed by atoms with van der Waals surface area (Å²) in [5.74, 6) is 0. The van der Waals surface area contributed by atoms with E-state index in [0.717, 1.165) is 4.90 Å². The summed E-state index contributed by atoms with van der Waals surface area (Å²) in [7, 11) is 0. The van der Waals surface area contributed by atoms with Crippen LogP contribution in [0.2, 0.25) is 0 Å². The highest BCUT2D eigenvalue weighted by atomic mass is 32.2. The number of halogens is 3. The summed E-state index contributed by atoms with van der Waals surface area (Å²) < 4.78 is 36.4. The Bertz CT molecular complexity index is 419. The molecule has 17 heavy (non-hydrogen) atoms. The number of thiocarbonyl (C=S) groups is 1. The summed E-state index contributed by atoms with van der Waals surface area (Å²) in [6, 6.07) is 4.95. The molecule has 0 aliphatic rings. The third kappa shape index (κ3) is 4.08. The van der Waals surface area contributed by atoms with E-state index in [1.54, 1.807) is 12.1 Å². The maximum Gasteiger partial charge on any atom is 0.405 e. The number of anilines is 1. The normalized spacial score (nSPS) is 11.3. The van der Waals surface area contributed by atoms with Crippen LogP contribution in [0.5, 0.6) is 0 Å². The number of nitrogens with one attached hydrogen (secondary N) is 1. The zero-order valence-corrected chi connectivity index (χ0v) is 10.6. The molecule has 0 fully saturated rings. The minimum atomic E-state index is -4.27. The quantitative estimate of drug-likeness (QED) is 0.657. The van der Waals surface area contributed by atoms with Gasteiger partial charge in [-0.05, 0) is 18.4 Å². The molecule has 1 rings (SSSR count). The zero-order valence-electron chi connectivity index (χ0n) is 8.97. The summed E-state index contributed by atoms with van der Waals surface area (Å²) in [5.41, 5.74) is 6.29. The molecule has 1 aromatic carbocycles. The van der Waals surface area contributed by atoms with Crippen molar-refractivity contribution in [3.63, 3.8) is 0 Å². The molecule has 3 N–H and O–H groups in total. The number of thioether (sulfide) groups is 1. The highest BCUT2D eigenvalue weighted by molar-refractivity contribution is 7.98. The first-order valence-electron chi connectivity index (χ1n) is 4.62. The largest absolute Gasteiger partial charge is 0.405 e. The molecule has 0 aromatic heterocycles. The topological polar surface area (TPSA) is 38.0 Å². The van der Waals surface area contributed by atoms with Crippen molar-refractivity contribution in [3.8, 4) is 0 Å². The lowest BCUT2D eigenvalue weighted by Crippen LogP contribution is -2.23. The molecule has 0 unspecified atom stereocenters. The molecular weight excluding hydrogens is 269 g/mol. The van der Waals surface area contributed by atoms with Crippen LogP contribution in [-0.2, 0) is 0 Å². The van der Waals surface area contributed by atoms with Gasteiger partial charge in [-0.1, -0.05) is 18.3 Å². The monoisotopic (exact) mass is 280 g/mol. The van der Waals surface area contributed by atoms with E-state index in [2.05, 4.69) is 5.32 Å². The van der Waals surface area contributed by atoms with E-state index in [4.69, 9.17) is 18.0 Å². The van der Waals surface area contributed by atoms with Crippen molar-refractivity contribution in [2.45, 2.75) is 11.1 Å². The number of nitrogens with two attached hydrogens (primary N) is 1. The zero-order chi connectivity index (χ0) is 13.1. The van der Waals surface area contributed by atoms with E-state index in [-0.39, 0.29) is 4.99 Å². The lowest BCUT2D eigenvalue weighted by molar-refractivity contribution is -0.115. The highest BCUT2D eigenvalue weighted by Crippen LogP contribution is 2.28. The van der Waals surface area contributed by atoms with Gasteiger partial charge in [-0.15, -0.1) is 11.8 Å². The number of hydrogen-bond donors (Lipinski definition) is 2. The third-order valence-electron chi connectivity index (χ3n) is 1.97. The first kappa shape index (κ1) is 14.1. The van der Waals surface area contributed by atoms with Gasteiger partial charge >= 0.3 is 6.18 Å². The maximum absolute atomic E-state index is 12.1. The first-order valence-corrected chi connectivity index (χ1v) is 6.26. The molecule has 0 saturated heterocycles. The SMILES string of the molecule is CSc1cccc(NCC(F)(F)F)c1C(N)=S. The minimum absolute atomic E-state index is 0.0830. The Hall–Kier alpha value is -0.950. The van der Waals surface area contributed by atoms with Crippen LogP contribution in [0.1, 0.15) is 5.56 Å². The molecule has 0 spiro atoms. The molecular formula is C10H11F3N2S2. The Morgan fingerprint density at radius 2 is 2.12 bits per heavy atom. The van der Waals surface area contributed by atoms with E-state index in [1.165, 1.54) is 17.8 Å². The van der Waals surface area contributed by atoms with Crippen molar-refractivity contribution in [3.05, 3.63) is 23.8 Å². The number of alkyl halides is 3. The lowest BCUT2D eigenvalue weighted by Gasteiger charge is -2.15. The minimum Gasteiger partial charge on any atom is -0.389 e. The van der Waals surface area contributed by atoms with Gasteiger partial charge in [-0.25, -0.2) is 0 Å². The predicted octanol–water partition coefficient (Wildman–Crippen LogP) is 3.02. The summed E-state index contributed by atoms with van der Waals surface area (Å²) in [5, 5.41) is 2.30. The standard InChI is InChI=1S/C10H11F3N2S2/c1-17-7-4-2-3-6(8(7)9(14)16)15-5-10(11,12)13/h2-4,15H,5H2,1H3,(H2,14,16). The van der Waals surface area contributed by atoms with Gasteiger partial charge < -0.3 is 11.1 Å². The smallest absolute Gasteiger partial charge is 0.389 e. The second-order valence-corrected chi connectivity index (χ2v) is 4.50. The van der Waals surface area contributed by atoms with Crippen LogP contribution < -0.4 is 11.1 Å². The van der Waals surface area contributed by atoms with Gasteiger partial charge in [-0.2, -0.15) is 13.2 Å². The molecule has 0 aliphatic carbocycles. The fourth-order valence-electron chi connectivity index (χ4n) is 1.30. The summed E-state index contributed by atoms with van der Waals surface area (Å²) in [6.45, 7) is -1.11. The first-order chi connectivity index (χ1) is 7.85. The Balaban J connectivity index is 3.02. The van der Waals surface area contributed by atoms with Crippen molar-refractivity contribution in [1.82, 2.24) is 0 Å². The molecule has 94 valence electrons. The lowest BCUT2D eigenvalue weighted by atomic mass is 10.1. The summed E-state index contributed by atoms with van der Waals surface area (Å²) in [6.07, 6.45) is -2.46. The molecule has 1 aromatic rings. The second-order valence-electron chi connectivity index (χ2n) is 3.22. The average molecular weight is 280 g/mol. The van der Waals surface area contributed by atoms with Crippen LogP contribution >= 0.6 is 24.0 Å². The van der Waals surface area contributed by atoms with Gasteiger partial charge in [0.2, 0.25) is 0 Å². The third-order valence-corrected chi connectivity index (χ3v) is 2.96. The van der Waals surface area contributed by atoms with Crippen LogP contribution in [0.4, 0.5) is 18.9 Å². The van der Waals surface area contributed by atoms with E-state index in [1.807, 2.05) is 6.26 Å². The Labute approximate surface area is 107 Å². The average Bonchev–Trinajstić information content (AvgIpc) is 2.24. The molecule has 0 amide bonds. The summed E-state index contributed by atoms with van der Waals surface area (Å²) in [4.78, 5) is 0.837. The van der Waals surface area contributed by atoms with E-state index >= 15 is 0 Å². The van der Waals surface area contributed by atoms with E-state index in [0.29, 0.717) is 11.3 Å². The molecule has 0 atom stereocenters. The van der Waals surface area contributed by atoms with Gasteiger partial charge in [0.15, 0.2) is 0 Å². The van der Waals surface area contributed by atoms with E-state index < -0.39 is 12.7 Å². The fourth-order valence-corrected chi connectivity index (χ4v) is 2.22. The van der Waals surface area contributed by atoms with Gasteiger partial charge in [0.1, 0.15) is 11.5 Å². The van der Waals surface area contributed by atoms with Gasteiger partial charge in [0.05, 0.1) is 0 Å². The Kier molecular flexibility index (Phi) is 4.64. The Morgan fingerprint density at radius 3 is 2.59 bits per heavy atom. The summed E-state index contributed by atoms with van der Waals surface area (Å²) >= 11 is 6.24. The van der Waals surface area contributed by atoms with Crippen LogP contribution in [0.3, 0.4) is 0 Å². The van der Waals surface area contributed by atoms with Crippen LogP contribution in [-0.4, -0.2) is 24.0 Å². The fraction of sp³-hybridized carbons (Fsp3) is 0.300. The maximum atomic E-state index is 12.1. The van der Waals surface area contributed by atoms with Crippen molar-refractivity contribution in [2.75, 3.05) is 18.1 Å². The van der Waals surface area contributed by atoms with Crippen LogP contribution in [0.25, 0.3) is 0 Å². The van der Waals surface area contributed by atoms with Crippen molar-refractivity contribution in [2.24, 2.45) is 5.73 Å². The molecule has 0 saturated carbocycles. The van der Waals surface area contributed by atoms with Crippen molar-refractivity contribution < 1.29 is 13.2 Å². The molecule has 0 heterocycles. The predicted molar refractivity (Wildman–Crippen MR) is 68.7 cm³/mol. The molecule has 0 radical (unpaired) electrons. The van der Waals surface area contributed by atoms with Crippen LogP contribution in [0, 0.1) is 0 Å². The van der Waals surface area contributed by atoms with Gasteiger partial charge in [0.25, 0.3) is 0 Å². The molecule has 7 heteroatoms. The highest BCUT2D eigenvalue weighted by Gasteiger charge is 2.27. The van der Waals surface area contributed by atoms with Crippen LogP contribution in [0.15, 0.2) is 23.1 Å². The number of benzene rings is 1. The molecule has 0 bridgehead atoms.